The van der Waals surface area contributed by atoms with Crippen LogP contribution >= 0.6 is 0 Å². The number of hydrogen-bond acceptors (Lipinski definition) is 9. The normalized spacial score (nSPS) is 13.5. The molecule has 0 saturated carbocycles. The number of carbonyl (C=O) groups excluding carboxylic acids is 5. The molecule has 0 aliphatic carbocycles. The highest BCUT2D eigenvalue weighted by Gasteiger charge is 2.32. The number of nitrogens with two attached hydrogens (primary N) is 1. The third-order valence-electron chi connectivity index (χ3n) is 4.44. The summed E-state index contributed by atoms with van der Waals surface area (Å²) in [5.74, 6) is -7.92. The van der Waals surface area contributed by atoms with E-state index in [4.69, 9.17) is 25.8 Å². The summed E-state index contributed by atoms with van der Waals surface area (Å²) in [6, 6.07) is -5.54. The summed E-state index contributed by atoms with van der Waals surface area (Å²) < 4.78 is 0. The van der Waals surface area contributed by atoms with Gasteiger partial charge in [-0.3, -0.25) is 33.6 Å². The summed E-state index contributed by atoms with van der Waals surface area (Å²) in [7, 11) is 0. The third kappa shape index (κ3) is 15.1. The number of carboxylic acids is 3. The van der Waals surface area contributed by atoms with Gasteiger partial charge in [0.1, 0.15) is 18.4 Å². The number of Topliss-reactive ketones (excluding diaryl/α,β-unsaturated/α-hetero) is 1. The highest BCUT2D eigenvalue weighted by atomic mass is 16.4. The van der Waals surface area contributed by atoms with E-state index in [0.717, 1.165) is 13.2 Å². The van der Waals surface area contributed by atoms with Crippen molar-refractivity contribution in [3.8, 4) is 0 Å². The van der Waals surface area contributed by atoms with Crippen molar-refractivity contribution in [2.45, 2.75) is 77.5 Å². The Bertz CT molecular complexity index is 829. The van der Waals surface area contributed by atoms with E-state index in [-0.39, 0.29) is 6.42 Å². The maximum absolute atomic E-state index is 12.7. The van der Waals surface area contributed by atoms with Gasteiger partial charge in [-0.2, -0.15) is 0 Å². The fraction of sp³-hybridized carbons (Fsp3) is 0.619. The van der Waals surface area contributed by atoms with Crippen molar-refractivity contribution in [3.63, 3.8) is 0 Å². The Hall–Kier alpha value is -3.88. The third-order valence-corrected chi connectivity index (χ3v) is 4.44. The monoisotopic (exact) mass is 518 g/mol. The van der Waals surface area contributed by atoms with E-state index in [2.05, 4.69) is 16.0 Å². The zero-order chi connectivity index (χ0) is 28.6. The lowest BCUT2D eigenvalue weighted by atomic mass is 10.0. The Morgan fingerprint density at radius 2 is 1.25 bits per heavy atom. The van der Waals surface area contributed by atoms with Crippen molar-refractivity contribution in [3.05, 3.63) is 0 Å². The van der Waals surface area contributed by atoms with E-state index in [1.165, 1.54) is 6.92 Å². The first-order valence-electron chi connectivity index (χ1n) is 10.8. The number of ketones is 1. The molecule has 0 heterocycles. The number of hydrogen-bond donors (Lipinski definition) is 7. The molecular weight excluding hydrogens is 484 g/mol. The van der Waals surface area contributed by atoms with Gasteiger partial charge >= 0.3 is 17.9 Å². The zero-order valence-electron chi connectivity index (χ0n) is 20.5. The van der Waals surface area contributed by atoms with Crippen LogP contribution in [0.15, 0.2) is 0 Å². The molecule has 0 radical (unpaired) electrons. The summed E-state index contributed by atoms with van der Waals surface area (Å²) in [6.07, 6.45) is -1.56. The van der Waals surface area contributed by atoms with Crippen LogP contribution < -0.4 is 21.7 Å². The first kappa shape index (κ1) is 34.3. The smallest absolute Gasteiger partial charge is 0.305 e. The lowest BCUT2D eigenvalue weighted by Crippen LogP contribution is -2.58. The number of nitrogens with one attached hydrogen (secondary N) is 3. The molecule has 15 heteroatoms. The molecule has 8 N–H and O–H groups in total. The Balaban J connectivity index is 0. The maximum atomic E-state index is 12.7. The second-order valence-corrected chi connectivity index (χ2v) is 7.93. The molecule has 0 aliphatic heterocycles. The average Bonchev–Trinajstić information content (AvgIpc) is 2.73. The van der Waals surface area contributed by atoms with Crippen molar-refractivity contribution in [2.75, 3.05) is 0 Å². The van der Waals surface area contributed by atoms with Crippen molar-refractivity contribution in [1.82, 2.24) is 16.0 Å². The van der Waals surface area contributed by atoms with Crippen molar-refractivity contribution >= 4 is 47.7 Å². The van der Waals surface area contributed by atoms with Crippen LogP contribution in [0.1, 0.15) is 53.4 Å². The van der Waals surface area contributed by atoms with Gasteiger partial charge in [0.15, 0.2) is 5.78 Å². The van der Waals surface area contributed by atoms with Gasteiger partial charge in [-0.05, 0) is 26.2 Å². The first-order chi connectivity index (χ1) is 16.6. The van der Waals surface area contributed by atoms with Gasteiger partial charge < -0.3 is 41.8 Å². The SMILES string of the molecule is CC(=O)[C@H](CC(=O)O)NC(=O)[C@@H](NC(=O)[C@H](CCC(=O)O)NC(=O)[C@@H](N)CC(=O)O)C(C)C.CC=O. The van der Waals surface area contributed by atoms with E-state index in [1.54, 1.807) is 13.8 Å². The van der Waals surface area contributed by atoms with Gasteiger partial charge in [-0.25, -0.2) is 0 Å². The summed E-state index contributed by atoms with van der Waals surface area (Å²) in [6.45, 7) is 5.64. The highest BCUT2D eigenvalue weighted by molar-refractivity contribution is 5.96. The van der Waals surface area contributed by atoms with Crippen LogP contribution in [0.2, 0.25) is 0 Å². The van der Waals surface area contributed by atoms with Crippen molar-refractivity contribution in [1.29, 1.82) is 0 Å². The molecule has 0 aromatic heterocycles. The topological polar surface area (TPSA) is 259 Å². The van der Waals surface area contributed by atoms with Crippen LogP contribution in [0.5, 0.6) is 0 Å². The largest absolute Gasteiger partial charge is 0.481 e. The minimum atomic E-state index is -1.50. The van der Waals surface area contributed by atoms with Gasteiger partial charge in [0.25, 0.3) is 0 Å². The first-order valence-corrected chi connectivity index (χ1v) is 10.8. The van der Waals surface area contributed by atoms with Crippen LogP contribution in [0, 0.1) is 5.92 Å². The van der Waals surface area contributed by atoms with E-state index < -0.39 is 90.8 Å². The lowest BCUT2D eigenvalue weighted by molar-refractivity contribution is -0.141. The average molecular weight is 519 g/mol. The van der Waals surface area contributed by atoms with Crippen LogP contribution in [0.4, 0.5) is 0 Å². The number of rotatable bonds is 15. The van der Waals surface area contributed by atoms with Crippen molar-refractivity contribution < 1.29 is 53.7 Å². The molecule has 0 aromatic rings. The van der Waals surface area contributed by atoms with Gasteiger partial charge in [0.05, 0.1) is 24.9 Å². The molecule has 204 valence electrons. The molecule has 0 aromatic carbocycles. The van der Waals surface area contributed by atoms with Crippen molar-refractivity contribution in [2.24, 2.45) is 11.7 Å². The summed E-state index contributed by atoms with van der Waals surface area (Å²) in [5, 5.41) is 33.3. The molecule has 15 nitrogen and oxygen atoms in total. The molecule has 4 atom stereocenters. The van der Waals surface area contributed by atoms with Gasteiger partial charge in [0.2, 0.25) is 17.7 Å². The Morgan fingerprint density at radius 3 is 1.64 bits per heavy atom. The standard InChI is InChI=1S/C19H30N4O10.C2H4O/c1-8(2)16(19(33)22-12(9(3)24)7-15(29)30)23-18(32)11(4-5-13(25)26)21-17(31)10(20)6-14(27)28;1-2-3/h8,10-12,16H,4-7,20H2,1-3H3,(H,21,31)(H,22,33)(H,23,32)(H,25,26)(H,27,28)(H,29,30);2H,1H3/t10-,11-,12-,16-;/m0./s1. The predicted octanol–water partition coefficient (Wildman–Crippen LogP) is -1.97. The highest BCUT2D eigenvalue weighted by Crippen LogP contribution is 2.07. The molecule has 0 saturated heterocycles. The Labute approximate surface area is 207 Å². The molecule has 0 fully saturated rings. The fourth-order valence-corrected chi connectivity index (χ4v) is 2.62. The van der Waals surface area contributed by atoms with Gasteiger partial charge in [0, 0.05) is 6.42 Å². The second-order valence-electron chi connectivity index (χ2n) is 7.93. The second kappa shape index (κ2) is 17.5. The molecule has 0 unspecified atom stereocenters. The fourth-order valence-electron chi connectivity index (χ4n) is 2.62. The molecule has 0 rings (SSSR count). The molecular formula is C21H34N4O11. The molecule has 36 heavy (non-hydrogen) atoms. The lowest BCUT2D eigenvalue weighted by Gasteiger charge is -2.27. The van der Waals surface area contributed by atoms with Gasteiger partial charge in [-0.15, -0.1) is 0 Å². The number of aliphatic carboxylic acids is 3. The van der Waals surface area contributed by atoms with Crippen LogP contribution in [-0.2, 0) is 38.4 Å². The van der Waals surface area contributed by atoms with Crippen LogP contribution in [0.3, 0.4) is 0 Å². The number of carboxylic acid groups (broad SMARTS) is 3. The van der Waals surface area contributed by atoms with E-state index in [1.807, 2.05) is 0 Å². The summed E-state index contributed by atoms with van der Waals surface area (Å²) >= 11 is 0. The number of amides is 3. The molecule has 0 aliphatic rings. The van der Waals surface area contributed by atoms with Crippen LogP contribution in [0.25, 0.3) is 0 Å². The van der Waals surface area contributed by atoms with E-state index in [9.17, 15) is 33.6 Å². The minimum Gasteiger partial charge on any atom is -0.481 e. The van der Waals surface area contributed by atoms with Gasteiger partial charge in [-0.1, -0.05) is 13.8 Å². The minimum absolute atomic E-state index is 0.381. The predicted molar refractivity (Wildman–Crippen MR) is 122 cm³/mol. The number of carbonyl (C=O) groups is 8. The van der Waals surface area contributed by atoms with Crippen LogP contribution in [-0.4, -0.2) is 87.2 Å². The quantitative estimate of drug-likeness (QED) is 0.116. The maximum Gasteiger partial charge on any atom is 0.305 e. The number of aldehydes is 1. The summed E-state index contributed by atoms with van der Waals surface area (Å²) in [5.41, 5.74) is 5.46. The molecule has 0 spiro atoms. The zero-order valence-corrected chi connectivity index (χ0v) is 20.5. The van der Waals surface area contributed by atoms with E-state index in [0.29, 0.717) is 0 Å². The van der Waals surface area contributed by atoms with E-state index >= 15 is 0 Å². The summed E-state index contributed by atoms with van der Waals surface area (Å²) in [4.78, 5) is 90.4. The Kier molecular flexibility index (Phi) is 16.7. The Morgan fingerprint density at radius 1 is 0.778 bits per heavy atom. The molecule has 3 amide bonds. The molecule has 0 bridgehead atoms.